The topological polar surface area (TPSA) is 55.7 Å². The molecule has 3 atom stereocenters. The Morgan fingerprint density at radius 3 is 2.81 bits per heavy atom. The molecule has 2 aliphatic heterocycles. The minimum atomic E-state index is -1.36. The molecule has 2 fully saturated rings. The molecule has 0 aliphatic carbocycles. The highest BCUT2D eigenvalue weighted by Crippen LogP contribution is 2.31. The van der Waals surface area contributed by atoms with Crippen LogP contribution in [-0.4, -0.2) is 59.3 Å². The second kappa shape index (κ2) is 4.22. The fourth-order valence-corrected chi connectivity index (χ4v) is 2.76. The van der Waals surface area contributed by atoms with Gasteiger partial charge in [-0.25, -0.2) is 4.39 Å². The molecule has 0 spiro atoms. The van der Waals surface area contributed by atoms with E-state index in [-0.39, 0.29) is 12.1 Å². The highest BCUT2D eigenvalue weighted by atomic mass is 19.1. The van der Waals surface area contributed by atoms with Gasteiger partial charge in [0.2, 0.25) is 0 Å². The lowest BCUT2D eigenvalue weighted by molar-refractivity contribution is -0.131. The third kappa shape index (κ3) is 2.09. The number of fused-ring (bicyclic) bond motifs is 1. The number of hydrogen-bond donors (Lipinski definition) is 3. The quantitative estimate of drug-likeness (QED) is 0.585. The van der Waals surface area contributed by atoms with Crippen LogP contribution < -0.4 is 5.32 Å². The molecule has 94 valence electrons. The molecule has 4 nitrogen and oxygen atoms in total. The number of rotatable bonds is 3. The van der Waals surface area contributed by atoms with E-state index in [1.54, 1.807) is 13.8 Å². The number of aliphatic hydroxyl groups is 2. The van der Waals surface area contributed by atoms with Crippen molar-refractivity contribution >= 4 is 0 Å². The van der Waals surface area contributed by atoms with Gasteiger partial charge in [-0.05, 0) is 6.42 Å². The number of nitrogens with one attached hydrogen (secondary N) is 1. The molecule has 16 heavy (non-hydrogen) atoms. The van der Waals surface area contributed by atoms with Crippen LogP contribution in [0.25, 0.3) is 0 Å². The first-order valence-electron chi connectivity index (χ1n) is 5.89. The molecule has 2 heterocycles. The molecule has 0 aromatic heterocycles. The molecule has 3 unspecified atom stereocenters. The lowest BCUT2D eigenvalue weighted by Crippen LogP contribution is -2.47. The van der Waals surface area contributed by atoms with Crippen molar-refractivity contribution in [3.8, 4) is 0 Å². The van der Waals surface area contributed by atoms with Crippen molar-refractivity contribution in [1.82, 2.24) is 10.2 Å². The summed E-state index contributed by atoms with van der Waals surface area (Å²) in [4.78, 5) is 2.05. The Hall–Kier alpha value is -0.230. The van der Waals surface area contributed by atoms with Crippen molar-refractivity contribution in [3.63, 3.8) is 0 Å². The maximum absolute atomic E-state index is 13.7. The molecule has 0 aromatic rings. The molecule has 0 radical (unpaired) electrons. The minimum Gasteiger partial charge on any atom is -0.368 e. The summed E-state index contributed by atoms with van der Waals surface area (Å²) >= 11 is 0. The second-order valence-electron chi connectivity index (χ2n) is 5.64. The molecule has 5 heteroatoms. The minimum absolute atomic E-state index is 0.0852. The molecule has 3 N–H and O–H groups in total. The van der Waals surface area contributed by atoms with E-state index < -0.39 is 17.9 Å². The van der Waals surface area contributed by atoms with Gasteiger partial charge in [-0.1, -0.05) is 13.8 Å². The van der Waals surface area contributed by atoms with Gasteiger partial charge in [-0.15, -0.1) is 0 Å². The maximum Gasteiger partial charge on any atom is 0.157 e. The molecule has 0 saturated carbocycles. The third-order valence-electron chi connectivity index (χ3n) is 3.82. The van der Waals surface area contributed by atoms with Gasteiger partial charge in [-0.2, -0.15) is 0 Å². The summed E-state index contributed by atoms with van der Waals surface area (Å²) in [6.45, 7) is 5.36. The summed E-state index contributed by atoms with van der Waals surface area (Å²) in [5.74, 6) is 0. The molecular formula is C11H21FN2O2. The zero-order chi connectivity index (χ0) is 11.9. The van der Waals surface area contributed by atoms with Crippen LogP contribution >= 0.6 is 0 Å². The van der Waals surface area contributed by atoms with Crippen LogP contribution in [0.5, 0.6) is 0 Å². The highest BCUT2D eigenvalue weighted by Gasteiger charge is 2.46. The van der Waals surface area contributed by atoms with Crippen molar-refractivity contribution in [2.45, 2.75) is 44.8 Å². The van der Waals surface area contributed by atoms with Crippen molar-refractivity contribution < 1.29 is 14.6 Å². The Labute approximate surface area is 95.4 Å². The second-order valence-corrected chi connectivity index (χ2v) is 5.64. The zero-order valence-electron chi connectivity index (χ0n) is 9.86. The Bertz CT molecular complexity index is 260. The van der Waals surface area contributed by atoms with Gasteiger partial charge in [0.25, 0.3) is 0 Å². The summed E-state index contributed by atoms with van der Waals surface area (Å²) in [5, 5.41) is 21.7. The van der Waals surface area contributed by atoms with Gasteiger partial charge >= 0.3 is 0 Å². The predicted octanol–water partition coefficient (Wildman–Crippen LogP) is -0.292. The van der Waals surface area contributed by atoms with E-state index in [0.717, 1.165) is 13.0 Å². The first-order valence-corrected chi connectivity index (χ1v) is 5.89. The average Bonchev–Trinajstić information content (AvgIpc) is 2.71. The number of aliphatic hydroxyl groups excluding tert-OH is 1. The molecule has 0 amide bonds. The fraction of sp³-hybridized carbons (Fsp3) is 1.00. The van der Waals surface area contributed by atoms with E-state index in [1.807, 2.05) is 0 Å². The molecular weight excluding hydrogens is 211 g/mol. The van der Waals surface area contributed by atoms with Crippen LogP contribution in [0.3, 0.4) is 0 Å². The number of halogens is 1. The normalized spacial score (nSPS) is 36.0. The predicted molar refractivity (Wildman–Crippen MR) is 58.7 cm³/mol. The van der Waals surface area contributed by atoms with Crippen LogP contribution in [0, 0.1) is 5.41 Å². The molecule has 2 aliphatic rings. The maximum atomic E-state index is 13.7. The van der Waals surface area contributed by atoms with Crippen molar-refractivity contribution in [3.05, 3.63) is 0 Å². The number of alkyl halides is 1. The summed E-state index contributed by atoms with van der Waals surface area (Å²) in [6.07, 6.45) is -1.25. The fourth-order valence-electron chi connectivity index (χ4n) is 2.76. The average molecular weight is 232 g/mol. The Morgan fingerprint density at radius 1 is 1.50 bits per heavy atom. The van der Waals surface area contributed by atoms with Crippen molar-refractivity contribution in [1.29, 1.82) is 0 Å². The summed E-state index contributed by atoms with van der Waals surface area (Å²) in [5.41, 5.74) is -0.614. The first-order chi connectivity index (χ1) is 7.42. The summed E-state index contributed by atoms with van der Waals surface area (Å²) in [7, 11) is 0. The number of hydrogen-bond acceptors (Lipinski definition) is 4. The van der Waals surface area contributed by atoms with Gasteiger partial charge < -0.3 is 15.5 Å². The van der Waals surface area contributed by atoms with Gasteiger partial charge in [0, 0.05) is 31.1 Å². The Balaban J connectivity index is 2.01. The number of likely N-dealkylation sites (tertiary alicyclic amines) is 1. The lowest BCUT2D eigenvalue weighted by Gasteiger charge is -2.34. The smallest absolute Gasteiger partial charge is 0.157 e. The van der Waals surface area contributed by atoms with E-state index in [0.29, 0.717) is 13.1 Å². The monoisotopic (exact) mass is 232 g/mol. The Kier molecular flexibility index (Phi) is 3.22. The van der Waals surface area contributed by atoms with Crippen molar-refractivity contribution in [2.75, 3.05) is 19.6 Å². The van der Waals surface area contributed by atoms with Crippen LogP contribution in [0.15, 0.2) is 0 Å². The van der Waals surface area contributed by atoms with E-state index in [9.17, 15) is 14.6 Å². The lowest BCUT2D eigenvalue weighted by atomic mass is 9.91. The van der Waals surface area contributed by atoms with Crippen LogP contribution in [0.4, 0.5) is 4.39 Å². The van der Waals surface area contributed by atoms with E-state index in [1.165, 1.54) is 0 Å². The number of nitrogens with zero attached hydrogens (tertiary/aromatic N) is 1. The van der Waals surface area contributed by atoms with Crippen LogP contribution in [-0.2, 0) is 0 Å². The van der Waals surface area contributed by atoms with E-state index >= 15 is 0 Å². The molecule has 0 aromatic carbocycles. The van der Waals surface area contributed by atoms with Crippen molar-refractivity contribution in [2.24, 2.45) is 5.41 Å². The molecule has 2 saturated heterocycles. The van der Waals surface area contributed by atoms with E-state index in [4.69, 9.17) is 0 Å². The SMILES string of the molecule is CC(C)(CN1CCC2NCC(F)C21)C(O)O. The molecule has 2 rings (SSSR count). The molecule has 0 bridgehead atoms. The summed E-state index contributed by atoms with van der Waals surface area (Å²) in [6, 6.07) is 0.152. The first kappa shape index (κ1) is 12.2. The van der Waals surface area contributed by atoms with Crippen LogP contribution in [0.2, 0.25) is 0 Å². The zero-order valence-corrected chi connectivity index (χ0v) is 9.86. The van der Waals surface area contributed by atoms with E-state index in [2.05, 4.69) is 10.2 Å². The third-order valence-corrected chi connectivity index (χ3v) is 3.82. The van der Waals surface area contributed by atoms with Gasteiger partial charge in [-0.3, -0.25) is 4.90 Å². The van der Waals surface area contributed by atoms with Gasteiger partial charge in [0.15, 0.2) is 6.29 Å². The Morgan fingerprint density at radius 2 is 2.19 bits per heavy atom. The largest absolute Gasteiger partial charge is 0.368 e. The standard InChI is InChI=1S/C11H21FN2O2/c1-11(2,10(15)16)6-14-4-3-8-9(14)7(12)5-13-8/h7-10,13,15-16H,3-6H2,1-2H3. The highest BCUT2D eigenvalue weighted by molar-refractivity contribution is 5.03. The summed E-state index contributed by atoms with van der Waals surface area (Å²) < 4.78 is 13.7. The van der Waals surface area contributed by atoms with Crippen LogP contribution in [0.1, 0.15) is 20.3 Å². The van der Waals surface area contributed by atoms with Gasteiger partial charge in [0.1, 0.15) is 6.17 Å². The van der Waals surface area contributed by atoms with Gasteiger partial charge in [0.05, 0.1) is 6.04 Å².